The first kappa shape index (κ1) is 22.2. The van der Waals surface area contributed by atoms with Gasteiger partial charge in [-0.1, -0.05) is 24.3 Å². The predicted octanol–water partition coefficient (Wildman–Crippen LogP) is 3.79. The normalized spacial score (nSPS) is 10.8. The van der Waals surface area contributed by atoms with Crippen molar-refractivity contribution < 1.29 is 4.74 Å². The van der Waals surface area contributed by atoms with Gasteiger partial charge in [-0.3, -0.25) is 4.98 Å². The molecule has 26 heavy (non-hydrogen) atoms. The van der Waals surface area contributed by atoms with Crippen molar-refractivity contribution >= 4 is 29.9 Å². The molecule has 0 aliphatic rings. The molecule has 0 spiro atoms. The number of ether oxygens (including phenoxy) is 1. The summed E-state index contributed by atoms with van der Waals surface area (Å²) < 4.78 is 5.88. The van der Waals surface area contributed by atoms with Gasteiger partial charge in [0.1, 0.15) is 12.4 Å². The van der Waals surface area contributed by atoms with Crippen LogP contribution in [0.3, 0.4) is 0 Å². The van der Waals surface area contributed by atoms with Crippen LogP contribution in [-0.2, 0) is 6.54 Å². The maximum atomic E-state index is 5.88. The van der Waals surface area contributed by atoms with Crippen molar-refractivity contribution in [3.63, 3.8) is 0 Å². The first-order valence-corrected chi connectivity index (χ1v) is 8.70. The van der Waals surface area contributed by atoms with Crippen molar-refractivity contribution in [1.82, 2.24) is 15.2 Å². The number of aryl methyl sites for hydroxylation is 2. The van der Waals surface area contributed by atoms with Crippen LogP contribution in [0.4, 0.5) is 0 Å². The topological polar surface area (TPSA) is 49.8 Å². The summed E-state index contributed by atoms with van der Waals surface area (Å²) in [7, 11) is 2.02. The zero-order valence-electron chi connectivity index (χ0n) is 16.0. The van der Waals surface area contributed by atoms with Gasteiger partial charge in [0.05, 0.1) is 18.8 Å². The van der Waals surface area contributed by atoms with Crippen LogP contribution < -0.4 is 10.1 Å². The minimum Gasteiger partial charge on any atom is -0.491 e. The van der Waals surface area contributed by atoms with Crippen LogP contribution in [0.25, 0.3) is 0 Å². The third-order valence-corrected chi connectivity index (χ3v) is 3.97. The van der Waals surface area contributed by atoms with E-state index in [-0.39, 0.29) is 24.0 Å². The first-order valence-electron chi connectivity index (χ1n) is 8.70. The van der Waals surface area contributed by atoms with E-state index in [1.54, 1.807) is 0 Å². The highest BCUT2D eigenvalue weighted by Gasteiger charge is 2.07. The molecular weight excluding hydrogens is 439 g/mol. The molecule has 0 aliphatic carbocycles. The molecule has 0 bridgehead atoms. The van der Waals surface area contributed by atoms with E-state index < -0.39 is 0 Å². The minimum absolute atomic E-state index is 0. The van der Waals surface area contributed by atoms with Crippen LogP contribution in [0.1, 0.15) is 23.7 Å². The summed E-state index contributed by atoms with van der Waals surface area (Å²) in [5.41, 5.74) is 3.31. The lowest BCUT2D eigenvalue weighted by atomic mass is 10.2. The average molecular weight is 468 g/mol. The van der Waals surface area contributed by atoms with E-state index >= 15 is 0 Å². The lowest BCUT2D eigenvalue weighted by Crippen LogP contribution is -2.40. The fourth-order valence-electron chi connectivity index (χ4n) is 2.42. The Kier molecular flexibility index (Phi) is 10.0. The molecule has 1 N–H and O–H groups in total. The summed E-state index contributed by atoms with van der Waals surface area (Å²) >= 11 is 0. The van der Waals surface area contributed by atoms with E-state index in [9.17, 15) is 0 Å². The number of aromatic nitrogens is 1. The Morgan fingerprint density at radius 3 is 2.58 bits per heavy atom. The van der Waals surface area contributed by atoms with Crippen molar-refractivity contribution in [1.29, 1.82) is 0 Å². The third kappa shape index (κ3) is 6.82. The number of benzene rings is 1. The maximum absolute atomic E-state index is 5.88. The third-order valence-electron chi connectivity index (χ3n) is 3.97. The largest absolute Gasteiger partial charge is 0.491 e. The average Bonchev–Trinajstić information content (AvgIpc) is 2.61. The summed E-state index contributed by atoms with van der Waals surface area (Å²) in [5, 5.41) is 3.32. The molecular formula is C20H29IN4O. The summed E-state index contributed by atoms with van der Waals surface area (Å²) in [5.74, 6) is 1.79. The molecule has 0 unspecified atom stereocenters. The molecule has 0 radical (unpaired) electrons. The van der Waals surface area contributed by atoms with Gasteiger partial charge in [-0.15, -0.1) is 24.0 Å². The summed E-state index contributed by atoms with van der Waals surface area (Å²) in [4.78, 5) is 11.2. The Balaban J connectivity index is 0.00000338. The highest BCUT2D eigenvalue weighted by Crippen LogP contribution is 2.15. The number of rotatable bonds is 7. The lowest BCUT2D eigenvalue weighted by molar-refractivity contribution is 0.280. The van der Waals surface area contributed by atoms with E-state index in [4.69, 9.17) is 9.73 Å². The van der Waals surface area contributed by atoms with Gasteiger partial charge >= 0.3 is 0 Å². The Morgan fingerprint density at radius 2 is 1.88 bits per heavy atom. The predicted molar refractivity (Wildman–Crippen MR) is 119 cm³/mol. The van der Waals surface area contributed by atoms with Gasteiger partial charge in [0.15, 0.2) is 5.96 Å². The Morgan fingerprint density at radius 1 is 1.15 bits per heavy atom. The summed E-state index contributed by atoms with van der Waals surface area (Å²) in [6, 6.07) is 12.1. The number of hydrogen-bond acceptors (Lipinski definition) is 3. The van der Waals surface area contributed by atoms with Crippen LogP contribution in [0, 0.1) is 13.8 Å². The quantitative estimate of drug-likeness (QED) is 0.382. The maximum Gasteiger partial charge on any atom is 0.194 e. The van der Waals surface area contributed by atoms with Crippen LogP contribution in [-0.4, -0.2) is 42.6 Å². The molecule has 5 nitrogen and oxygen atoms in total. The van der Waals surface area contributed by atoms with Crippen molar-refractivity contribution in [3.05, 3.63) is 59.4 Å². The van der Waals surface area contributed by atoms with Crippen molar-refractivity contribution in [3.8, 4) is 5.75 Å². The molecule has 0 saturated heterocycles. The van der Waals surface area contributed by atoms with Gasteiger partial charge < -0.3 is 15.0 Å². The highest BCUT2D eigenvalue weighted by atomic mass is 127. The number of aliphatic imine (C=N–C) groups is 1. The van der Waals surface area contributed by atoms with E-state index in [0.717, 1.165) is 41.6 Å². The molecule has 2 rings (SSSR count). The molecule has 0 saturated carbocycles. The smallest absolute Gasteiger partial charge is 0.194 e. The monoisotopic (exact) mass is 468 g/mol. The van der Waals surface area contributed by atoms with Crippen LogP contribution in [0.15, 0.2) is 47.6 Å². The number of likely N-dealkylation sites (N-methyl/N-ethyl adjacent to an activating group) is 1. The molecule has 0 amide bonds. The van der Waals surface area contributed by atoms with Gasteiger partial charge in [0, 0.05) is 19.8 Å². The molecule has 142 valence electrons. The number of guanidine groups is 1. The van der Waals surface area contributed by atoms with Crippen LogP contribution in [0.2, 0.25) is 0 Å². The SMILES string of the molecule is CCNC(=NCc1ncccc1C)N(C)CCOc1ccccc1C.I. The standard InChI is InChI=1S/C20H28N4O.HI/c1-5-21-20(23-15-18-16(2)10-8-12-22-18)24(4)13-14-25-19-11-7-6-9-17(19)3;/h6-12H,5,13-15H2,1-4H3,(H,21,23);1H. The van der Waals surface area contributed by atoms with Crippen molar-refractivity contribution in [2.75, 3.05) is 26.7 Å². The highest BCUT2D eigenvalue weighted by molar-refractivity contribution is 14.0. The van der Waals surface area contributed by atoms with Gasteiger partial charge in [-0.2, -0.15) is 0 Å². The molecule has 2 aromatic rings. The molecule has 1 heterocycles. The zero-order valence-corrected chi connectivity index (χ0v) is 18.4. The molecule has 0 atom stereocenters. The number of hydrogen-bond donors (Lipinski definition) is 1. The number of pyridine rings is 1. The zero-order chi connectivity index (χ0) is 18.1. The van der Waals surface area contributed by atoms with Gasteiger partial charge in [-0.05, 0) is 44.0 Å². The van der Waals surface area contributed by atoms with E-state index in [0.29, 0.717) is 13.2 Å². The molecule has 0 aliphatic heterocycles. The van der Waals surface area contributed by atoms with E-state index in [2.05, 4.69) is 48.1 Å². The van der Waals surface area contributed by atoms with Gasteiger partial charge in [-0.25, -0.2) is 4.99 Å². The Hall–Kier alpha value is -1.83. The Labute approximate surface area is 173 Å². The minimum atomic E-state index is 0. The lowest BCUT2D eigenvalue weighted by Gasteiger charge is -2.22. The van der Waals surface area contributed by atoms with Crippen molar-refractivity contribution in [2.24, 2.45) is 4.99 Å². The molecule has 0 fully saturated rings. The van der Waals surface area contributed by atoms with Crippen LogP contribution in [0.5, 0.6) is 5.75 Å². The molecule has 6 heteroatoms. The number of halogens is 1. The Bertz CT molecular complexity index is 706. The first-order chi connectivity index (χ1) is 12.1. The van der Waals surface area contributed by atoms with Crippen molar-refractivity contribution in [2.45, 2.75) is 27.3 Å². The second-order valence-electron chi connectivity index (χ2n) is 5.97. The second kappa shape index (κ2) is 11.7. The second-order valence-corrected chi connectivity index (χ2v) is 5.97. The summed E-state index contributed by atoms with van der Waals surface area (Å²) in [6.07, 6.45) is 1.81. The number of nitrogens with one attached hydrogen (secondary N) is 1. The van der Waals surface area contributed by atoms with Crippen LogP contribution >= 0.6 is 24.0 Å². The number of nitrogens with zero attached hydrogens (tertiary/aromatic N) is 3. The van der Waals surface area contributed by atoms with Gasteiger partial charge in [0.2, 0.25) is 0 Å². The molecule has 1 aromatic carbocycles. The summed E-state index contributed by atoms with van der Waals surface area (Å²) in [6.45, 7) is 8.93. The van der Waals surface area contributed by atoms with E-state index in [1.807, 2.05) is 37.5 Å². The van der Waals surface area contributed by atoms with Gasteiger partial charge in [0.25, 0.3) is 0 Å². The molecule has 1 aromatic heterocycles. The fourth-order valence-corrected chi connectivity index (χ4v) is 2.42. The fraction of sp³-hybridized carbons (Fsp3) is 0.400. The number of para-hydroxylation sites is 1. The van der Waals surface area contributed by atoms with E-state index in [1.165, 1.54) is 0 Å².